The third kappa shape index (κ3) is 3.00. The van der Waals surface area contributed by atoms with Crippen LogP contribution in [0.5, 0.6) is 0 Å². The van der Waals surface area contributed by atoms with Gasteiger partial charge in [0.25, 0.3) is 0 Å². The second kappa shape index (κ2) is 4.47. The van der Waals surface area contributed by atoms with E-state index in [-0.39, 0.29) is 5.54 Å². The molecule has 0 aromatic carbocycles. The van der Waals surface area contributed by atoms with E-state index in [1.54, 1.807) is 0 Å². The number of rotatable bonds is 2. The first kappa shape index (κ1) is 11.5. The quantitative estimate of drug-likeness (QED) is 0.806. The van der Waals surface area contributed by atoms with Gasteiger partial charge in [-0.3, -0.25) is 4.90 Å². The number of aromatic nitrogens is 2. The number of aryl methyl sites for hydroxylation is 1. The average Bonchev–Trinajstić information content (AvgIpc) is 2.15. The predicted molar refractivity (Wildman–Crippen MR) is 64.1 cm³/mol. The van der Waals surface area contributed by atoms with Gasteiger partial charge in [0.2, 0.25) is 0 Å². The lowest BCUT2D eigenvalue weighted by molar-refractivity contribution is 0.147. The van der Waals surface area contributed by atoms with E-state index >= 15 is 0 Å². The summed E-state index contributed by atoms with van der Waals surface area (Å²) in [6, 6.07) is 2.00. The fourth-order valence-corrected chi connectivity index (χ4v) is 2.20. The van der Waals surface area contributed by atoms with E-state index in [0.29, 0.717) is 0 Å². The summed E-state index contributed by atoms with van der Waals surface area (Å²) in [4.78, 5) is 11.0. The highest BCUT2D eigenvalue weighted by atomic mass is 15.2. The van der Waals surface area contributed by atoms with Crippen LogP contribution in [0.15, 0.2) is 12.3 Å². The second-order valence-electron chi connectivity index (χ2n) is 5.12. The molecular formula is C12H20N4. The Labute approximate surface area is 97.1 Å². The van der Waals surface area contributed by atoms with Crippen molar-refractivity contribution in [2.45, 2.75) is 32.9 Å². The molecule has 1 aliphatic rings. The molecule has 4 heteroatoms. The maximum atomic E-state index is 4.44. The summed E-state index contributed by atoms with van der Waals surface area (Å²) < 4.78 is 0. The van der Waals surface area contributed by atoms with Gasteiger partial charge in [0.15, 0.2) is 0 Å². The van der Waals surface area contributed by atoms with Crippen molar-refractivity contribution in [3.05, 3.63) is 23.8 Å². The Hall–Kier alpha value is -1.00. The van der Waals surface area contributed by atoms with Crippen LogP contribution < -0.4 is 5.32 Å². The van der Waals surface area contributed by atoms with Gasteiger partial charge in [-0.25, -0.2) is 9.97 Å². The van der Waals surface area contributed by atoms with Gasteiger partial charge in [-0.15, -0.1) is 0 Å². The Morgan fingerprint density at radius 3 is 3.00 bits per heavy atom. The van der Waals surface area contributed by atoms with Crippen LogP contribution in [-0.2, 0) is 6.54 Å². The number of nitrogens with zero attached hydrogens (tertiary/aromatic N) is 3. The normalized spacial score (nSPS) is 20.9. The lowest BCUT2D eigenvalue weighted by atomic mass is 10.0. The summed E-state index contributed by atoms with van der Waals surface area (Å²) in [6.07, 6.45) is 1.84. The topological polar surface area (TPSA) is 41.1 Å². The van der Waals surface area contributed by atoms with Crippen molar-refractivity contribution in [1.82, 2.24) is 20.2 Å². The third-order valence-electron chi connectivity index (χ3n) is 2.87. The monoisotopic (exact) mass is 220 g/mol. The number of nitrogens with one attached hydrogen (secondary N) is 1. The molecule has 0 bridgehead atoms. The Kier molecular flexibility index (Phi) is 3.21. The Morgan fingerprint density at radius 1 is 1.50 bits per heavy atom. The Balaban J connectivity index is 1.99. The molecule has 0 atom stereocenters. The molecule has 1 fully saturated rings. The van der Waals surface area contributed by atoms with E-state index in [0.717, 1.165) is 37.7 Å². The number of hydrogen-bond acceptors (Lipinski definition) is 4. The van der Waals surface area contributed by atoms with Crippen molar-refractivity contribution in [3.8, 4) is 0 Å². The molecule has 1 N–H and O–H groups in total. The minimum atomic E-state index is 0.209. The smallest absolute Gasteiger partial charge is 0.125 e. The van der Waals surface area contributed by atoms with Crippen LogP contribution >= 0.6 is 0 Å². The Bertz CT molecular complexity index is 362. The highest BCUT2D eigenvalue weighted by Gasteiger charge is 2.25. The minimum Gasteiger partial charge on any atom is -0.309 e. The van der Waals surface area contributed by atoms with Crippen LogP contribution in [0.4, 0.5) is 0 Å². The first-order valence-electron chi connectivity index (χ1n) is 5.81. The minimum absolute atomic E-state index is 0.209. The largest absolute Gasteiger partial charge is 0.309 e. The average molecular weight is 220 g/mol. The van der Waals surface area contributed by atoms with Gasteiger partial charge >= 0.3 is 0 Å². The van der Waals surface area contributed by atoms with Crippen molar-refractivity contribution >= 4 is 0 Å². The first-order valence-corrected chi connectivity index (χ1v) is 5.81. The van der Waals surface area contributed by atoms with E-state index in [4.69, 9.17) is 0 Å². The van der Waals surface area contributed by atoms with Crippen LogP contribution in [0, 0.1) is 6.92 Å². The van der Waals surface area contributed by atoms with Crippen molar-refractivity contribution in [2.24, 2.45) is 0 Å². The molecule has 16 heavy (non-hydrogen) atoms. The van der Waals surface area contributed by atoms with Crippen molar-refractivity contribution in [2.75, 3.05) is 19.6 Å². The maximum absolute atomic E-state index is 4.44. The fraction of sp³-hybridized carbons (Fsp3) is 0.667. The summed E-state index contributed by atoms with van der Waals surface area (Å²) >= 11 is 0. The van der Waals surface area contributed by atoms with Crippen LogP contribution in [0.25, 0.3) is 0 Å². The molecule has 0 spiro atoms. The van der Waals surface area contributed by atoms with Crippen molar-refractivity contribution in [1.29, 1.82) is 0 Å². The van der Waals surface area contributed by atoms with E-state index < -0.39 is 0 Å². The number of piperazine rings is 1. The van der Waals surface area contributed by atoms with Crippen LogP contribution in [0.2, 0.25) is 0 Å². The van der Waals surface area contributed by atoms with Gasteiger partial charge in [0.05, 0.1) is 5.69 Å². The lowest BCUT2D eigenvalue weighted by Gasteiger charge is -2.38. The molecule has 1 saturated heterocycles. The summed E-state index contributed by atoms with van der Waals surface area (Å²) in [6.45, 7) is 10.5. The van der Waals surface area contributed by atoms with Gasteiger partial charge in [-0.1, -0.05) is 0 Å². The van der Waals surface area contributed by atoms with Gasteiger partial charge in [0.1, 0.15) is 5.82 Å². The molecule has 1 aliphatic heterocycles. The lowest BCUT2D eigenvalue weighted by Crippen LogP contribution is -2.56. The van der Waals surface area contributed by atoms with E-state index in [1.807, 2.05) is 19.2 Å². The van der Waals surface area contributed by atoms with Crippen LogP contribution in [0.1, 0.15) is 25.4 Å². The number of hydrogen-bond donors (Lipinski definition) is 1. The second-order valence-corrected chi connectivity index (χ2v) is 5.12. The van der Waals surface area contributed by atoms with Gasteiger partial charge in [-0.05, 0) is 26.8 Å². The predicted octanol–water partition coefficient (Wildman–Crippen LogP) is 0.969. The van der Waals surface area contributed by atoms with E-state index in [9.17, 15) is 0 Å². The van der Waals surface area contributed by atoms with Gasteiger partial charge < -0.3 is 5.32 Å². The van der Waals surface area contributed by atoms with Gasteiger partial charge in [0, 0.05) is 37.9 Å². The molecule has 2 heterocycles. The fourth-order valence-electron chi connectivity index (χ4n) is 2.20. The zero-order valence-corrected chi connectivity index (χ0v) is 10.3. The molecule has 88 valence electrons. The molecule has 4 nitrogen and oxygen atoms in total. The SMILES string of the molecule is Cc1nccc(CN2CCNC(C)(C)C2)n1. The summed E-state index contributed by atoms with van der Waals surface area (Å²) in [5.41, 5.74) is 1.32. The molecule has 1 aromatic heterocycles. The zero-order chi connectivity index (χ0) is 11.6. The maximum Gasteiger partial charge on any atom is 0.125 e. The standard InChI is InChI=1S/C12H20N4/c1-10-13-5-4-11(15-10)8-16-7-6-14-12(2,3)9-16/h4-5,14H,6-9H2,1-3H3. The molecule has 2 rings (SSSR count). The Morgan fingerprint density at radius 2 is 2.31 bits per heavy atom. The molecule has 0 saturated carbocycles. The van der Waals surface area contributed by atoms with Gasteiger partial charge in [-0.2, -0.15) is 0 Å². The van der Waals surface area contributed by atoms with E-state index in [1.165, 1.54) is 0 Å². The van der Waals surface area contributed by atoms with Crippen molar-refractivity contribution < 1.29 is 0 Å². The van der Waals surface area contributed by atoms with E-state index in [2.05, 4.69) is 34.0 Å². The third-order valence-corrected chi connectivity index (χ3v) is 2.87. The molecule has 0 radical (unpaired) electrons. The molecule has 0 unspecified atom stereocenters. The highest BCUT2D eigenvalue weighted by molar-refractivity contribution is 5.02. The molecule has 0 amide bonds. The summed E-state index contributed by atoms with van der Waals surface area (Å²) in [7, 11) is 0. The van der Waals surface area contributed by atoms with Crippen LogP contribution in [0.3, 0.4) is 0 Å². The summed E-state index contributed by atoms with van der Waals surface area (Å²) in [5.74, 6) is 0.854. The first-order chi connectivity index (χ1) is 7.55. The molecule has 1 aromatic rings. The molecule has 0 aliphatic carbocycles. The zero-order valence-electron chi connectivity index (χ0n) is 10.3. The summed E-state index contributed by atoms with van der Waals surface area (Å²) in [5, 5.41) is 3.51. The van der Waals surface area contributed by atoms with Crippen LogP contribution in [-0.4, -0.2) is 40.0 Å². The van der Waals surface area contributed by atoms with Crippen molar-refractivity contribution in [3.63, 3.8) is 0 Å². The highest BCUT2D eigenvalue weighted by Crippen LogP contribution is 2.12. The molecular weight excluding hydrogens is 200 g/mol.